The summed E-state index contributed by atoms with van der Waals surface area (Å²) in [7, 11) is 1.42. The van der Waals surface area contributed by atoms with Crippen LogP contribution >= 0.6 is 11.6 Å². The van der Waals surface area contributed by atoms with E-state index in [1.54, 1.807) is 19.1 Å². The molecular formula is C34H34ClF3N8O3. The lowest BCUT2D eigenvalue weighted by Crippen LogP contribution is -2.44. The highest BCUT2D eigenvalue weighted by Crippen LogP contribution is 2.32. The molecule has 1 aliphatic rings. The van der Waals surface area contributed by atoms with Crippen LogP contribution in [0.4, 0.5) is 36.1 Å². The molecule has 1 saturated heterocycles. The van der Waals surface area contributed by atoms with Gasteiger partial charge in [0.05, 0.1) is 23.9 Å². The van der Waals surface area contributed by atoms with Gasteiger partial charge in [-0.15, -0.1) is 0 Å². The molecule has 0 aliphatic carbocycles. The van der Waals surface area contributed by atoms with E-state index < -0.39 is 23.4 Å². The third-order valence-electron chi connectivity index (χ3n) is 7.70. The Kier molecular flexibility index (Phi) is 11.0. The summed E-state index contributed by atoms with van der Waals surface area (Å²) < 4.78 is 47.7. The molecule has 15 heteroatoms. The zero-order valence-electron chi connectivity index (χ0n) is 26.7. The highest BCUT2D eigenvalue weighted by Gasteiger charge is 2.40. The van der Waals surface area contributed by atoms with E-state index >= 15 is 0 Å². The first-order chi connectivity index (χ1) is 23.5. The van der Waals surface area contributed by atoms with Crippen molar-refractivity contribution < 1.29 is 27.5 Å². The van der Waals surface area contributed by atoms with Crippen LogP contribution in [-0.2, 0) is 16.0 Å². The minimum atomic E-state index is -5.02. The Morgan fingerprint density at radius 1 is 1.06 bits per heavy atom. The number of anilines is 3. The highest BCUT2D eigenvalue weighted by molar-refractivity contribution is 6.32. The number of nitrogens with zero attached hydrogens (tertiary/aromatic N) is 4. The summed E-state index contributed by atoms with van der Waals surface area (Å²) in [6.45, 7) is 4.91. The summed E-state index contributed by atoms with van der Waals surface area (Å²) in [5, 5.41) is 9.80. The van der Waals surface area contributed by atoms with Gasteiger partial charge in [-0.2, -0.15) is 13.2 Å². The van der Waals surface area contributed by atoms with Crippen LogP contribution in [0.1, 0.15) is 24.5 Å². The molecule has 0 bridgehead atoms. The van der Waals surface area contributed by atoms with Gasteiger partial charge >= 0.3 is 6.18 Å². The maximum Gasteiger partial charge on any atom is 0.434 e. The maximum atomic E-state index is 14.2. The largest absolute Gasteiger partial charge is 0.497 e. The Balaban J connectivity index is 1.46. The highest BCUT2D eigenvalue weighted by atomic mass is 35.5. The van der Waals surface area contributed by atoms with Crippen LogP contribution in [0.3, 0.4) is 0 Å². The Hall–Kier alpha value is -5.21. The van der Waals surface area contributed by atoms with Gasteiger partial charge in [0.15, 0.2) is 5.71 Å². The van der Waals surface area contributed by atoms with E-state index in [1.807, 2.05) is 12.1 Å². The summed E-state index contributed by atoms with van der Waals surface area (Å²) in [5.41, 5.74) is 5.54. The number of carbonyl (C=O) groups is 2. The molecule has 1 fully saturated rings. The predicted molar refractivity (Wildman–Crippen MR) is 185 cm³/mol. The van der Waals surface area contributed by atoms with Crippen molar-refractivity contribution in [3.63, 3.8) is 0 Å². The molecule has 49 heavy (non-hydrogen) atoms. The summed E-state index contributed by atoms with van der Waals surface area (Å²) in [4.78, 5) is 40.5. The van der Waals surface area contributed by atoms with Crippen molar-refractivity contribution >= 4 is 62.9 Å². The van der Waals surface area contributed by atoms with Crippen molar-refractivity contribution in [2.75, 3.05) is 48.8 Å². The molecule has 5 N–H and O–H groups in total. The quantitative estimate of drug-likeness (QED) is 0.121. The van der Waals surface area contributed by atoms with Crippen molar-refractivity contribution in [1.82, 2.24) is 15.3 Å². The minimum Gasteiger partial charge on any atom is -0.497 e. The Bertz CT molecular complexity index is 1910. The van der Waals surface area contributed by atoms with E-state index in [2.05, 4.69) is 35.8 Å². The first-order valence-electron chi connectivity index (χ1n) is 15.3. The van der Waals surface area contributed by atoms with Gasteiger partial charge in [-0.1, -0.05) is 18.5 Å². The molecule has 0 radical (unpaired) electrons. The summed E-state index contributed by atoms with van der Waals surface area (Å²) in [5.74, 6) is -0.252. The van der Waals surface area contributed by atoms with E-state index in [0.29, 0.717) is 39.3 Å². The molecular weight excluding hydrogens is 661 g/mol. The first-order valence-corrected chi connectivity index (χ1v) is 15.7. The van der Waals surface area contributed by atoms with E-state index in [4.69, 9.17) is 22.1 Å². The van der Waals surface area contributed by atoms with Gasteiger partial charge in [0.2, 0.25) is 5.91 Å². The van der Waals surface area contributed by atoms with Gasteiger partial charge in [-0.3, -0.25) is 9.59 Å². The monoisotopic (exact) mass is 694 g/mol. The molecule has 1 aromatic heterocycles. The average molecular weight is 695 g/mol. The number of carbonyl (C=O) groups excluding carboxylic acids is 2. The molecule has 256 valence electrons. The molecule has 2 amide bonds. The van der Waals surface area contributed by atoms with Crippen molar-refractivity contribution in [3.05, 3.63) is 88.8 Å². The molecule has 0 atom stereocenters. The fraction of sp³-hybridized carbons (Fsp3) is 0.265. The first kappa shape index (κ1) is 35.1. The van der Waals surface area contributed by atoms with Crippen molar-refractivity contribution in [2.24, 2.45) is 10.7 Å². The molecule has 0 saturated carbocycles. The number of nitrogens with one attached hydrogen (secondary N) is 3. The second kappa shape index (κ2) is 15.3. The number of ether oxygens (including phenoxy) is 1. The van der Waals surface area contributed by atoms with Crippen LogP contribution < -0.4 is 31.3 Å². The summed E-state index contributed by atoms with van der Waals surface area (Å²) in [6, 6.07) is 13.9. The standard InChI is InChI=1S/C34H34ClF3N8O3/c1-3-30(47)43-23-13-20(12-21-15-29-26(17-28(21)35)32(42-19-41-29)46-10-8-40-9-11-46)14-24(16-23)45-33(48)27(18-39)31(34(36,37)38)44-22-4-6-25(49-2)7-5-22/h4-7,13-19,40H,3,8-12,39H2,1-2H3,(H,43,47)(H,45,48). The van der Waals surface area contributed by atoms with Gasteiger partial charge in [-0.05, 0) is 72.1 Å². The predicted octanol–water partition coefficient (Wildman–Crippen LogP) is 5.76. The summed E-state index contributed by atoms with van der Waals surface area (Å²) >= 11 is 6.78. The SMILES string of the molecule is CCC(=O)Nc1cc(Cc2cc3ncnc(N4CCNCC4)c3cc2Cl)cc(NC(=O)C(=CN)C(=Nc2ccc(OC)cc2)C(F)(F)F)c1. The van der Waals surface area contributed by atoms with Crippen LogP contribution in [0, 0.1) is 0 Å². The van der Waals surface area contributed by atoms with Crippen molar-refractivity contribution in [1.29, 1.82) is 0 Å². The molecule has 5 rings (SSSR count). The topological polar surface area (TPSA) is 147 Å². The zero-order chi connectivity index (χ0) is 35.1. The molecule has 11 nitrogen and oxygen atoms in total. The van der Waals surface area contributed by atoms with Crippen LogP contribution in [0.15, 0.2) is 77.7 Å². The molecule has 2 heterocycles. The Labute approximate surface area is 285 Å². The number of methoxy groups -OCH3 is 1. The number of halogens is 4. The fourth-order valence-corrected chi connectivity index (χ4v) is 5.53. The van der Waals surface area contributed by atoms with Gasteiger partial charge in [-0.25, -0.2) is 15.0 Å². The number of alkyl halides is 3. The summed E-state index contributed by atoms with van der Waals surface area (Å²) in [6.07, 6.45) is -2.55. The number of hydrogen-bond donors (Lipinski definition) is 4. The number of amides is 2. The average Bonchev–Trinajstić information content (AvgIpc) is 3.08. The van der Waals surface area contributed by atoms with Gasteiger partial charge in [0, 0.05) is 60.6 Å². The second-order valence-electron chi connectivity index (χ2n) is 11.1. The molecule has 1 aliphatic heterocycles. The number of piperazine rings is 1. The van der Waals surface area contributed by atoms with E-state index in [1.165, 1.54) is 43.8 Å². The number of nitrogens with two attached hydrogens (primary N) is 1. The lowest BCUT2D eigenvalue weighted by atomic mass is 10.0. The number of fused-ring (bicyclic) bond motifs is 1. The third kappa shape index (κ3) is 8.64. The van der Waals surface area contributed by atoms with Crippen molar-refractivity contribution in [2.45, 2.75) is 25.9 Å². The third-order valence-corrected chi connectivity index (χ3v) is 8.05. The number of aromatic nitrogens is 2. The molecule has 4 aromatic rings. The molecule has 0 spiro atoms. The van der Waals surface area contributed by atoms with Crippen LogP contribution in [-0.4, -0.2) is 67.0 Å². The lowest BCUT2D eigenvalue weighted by Gasteiger charge is -2.29. The maximum absolute atomic E-state index is 14.2. The zero-order valence-corrected chi connectivity index (χ0v) is 27.5. The van der Waals surface area contributed by atoms with Gasteiger partial charge < -0.3 is 31.3 Å². The van der Waals surface area contributed by atoms with Crippen LogP contribution in [0.5, 0.6) is 5.75 Å². The smallest absolute Gasteiger partial charge is 0.434 e. The molecule has 3 aromatic carbocycles. The van der Waals surface area contributed by atoms with E-state index in [9.17, 15) is 22.8 Å². The fourth-order valence-electron chi connectivity index (χ4n) is 5.30. The Morgan fingerprint density at radius 3 is 2.39 bits per heavy atom. The van der Waals surface area contributed by atoms with E-state index in [0.717, 1.165) is 37.4 Å². The van der Waals surface area contributed by atoms with Gasteiger partial charge in [0.1, 0.15) is 17.9 Å². The number of aliphatic imine (C=N–C) groups is 1. The number of benzene rings is 3. The van der Waals surface area contributed by atoms with Crippen LogP contribution in [0.2, 0.25) is 5.02 Å². The van der Waals surface area contributed by atoms with Crippen molar-refractivity contribution in [3.8, 4) is 5.75 Å². The normalized spacial score (nSPS) is 14.1. The minimum absolute atomic E-state index is 0.0653. The van der Waals surface area contributed by atoms with Crippen LogP contribution in [0.25, 0.3) is 10.9 Å². The number of hydrogen-bond acceptors (Lipinski definition) is 9. The number of rotatable bonds is 10. The molecule has 0 unspecified atom stereocenters. The van der Waals surface area contributed by atoms with Gasteiger partial charge in [0.25, 0.3) is 5.91 Å². The Morgan fingerprint density at radius 2 is 1.76 bits per heavy atom. The second-order valence-corrected chi connectivity index (χ2v) is 11.5. The van der Waals surface area contributed by atoms with E-state index in [-0.39, 0.29) is 30.1 Å². The lowest BCUT2D eigenvalue weighted by molar-refractivity contribution is -0.116.